The van der Waals surface area contributed by atoms with Crippen molar-refractivity contribution in [3.63, 3.8) is 0 Å². The lowest BCUT2D eigenvalue weighted by molar-refractivity contribution is 0.516. The molecule has 0 amide bonds. The van der Waals surface area contributed by atoms with Crippen molar-refractivity contribution in [2.24, 2.45) is 5.73 Å². The maximum absolute atomic E-state index is 6.21. The van der Waals surface area contributed by atoms with Gasteiger partial charge in [-0.15, -0.1) is 0 Å². The summed E-state index contributed by atoms with van der Waals surface area (Å²) in [4.78, 5) is 8.26. The number of fused-ring (bicyclic) bond motifs is 1. The lowest BCUT2D eigenvalue weighted by atomic mass is 10.1. The van der Waals surface area contributed by atoms with Gasteiger partial charge in [-0.3, -0.25) is 9.97 Å². The highest BCUT2D eigenvalue weighted by molar-refractivity contribution is 9.10. The van der Waals surface area contributed by atoms with Crippen LogP contribution in [0.15, 0.2) is 45.7 Å². The van der Waals surface area contributed by atoms with Gasteiger partial charge in [-0.2, -0.15) is 0 Å². The highest BCUT2D eigenvalue weighted by Crippen LogP contribution is 2.32. The van der Waals surface area contributed by atoms with Gasteiger partial charge in [-0.05, 0) is 25.1 Å². The first-order valence-corrected chi connectivity index (χ1v) is 6.66. The monoisotopic (exact) mass is 317 g/mol. The van der Waals surface area contributed by atoms with Crippen LogP contribution in [0.3, 0.4) is 0 Å². The molecule has 0 spiro atoms. The van der Waals surface area contributed by atoms with Crippen LogP contribution < -0.4 is 5.73 Å². The molecule has 96 valence electrons. The quantitative estimate of drug-likeness (QED) is 0.787. The Kier molecular flexibility index (Phi) is 3.08. The van der Waals surface area contributed by atoms with Crippen molar-refractivity contribution in [1.29, 1.82) is 0 Å². The molecule has 1 atom stereocenters. The number of rotatable bonds is 2. The van der Waals surface area contributed by atoms with Crippen molar-refractivity contribution in [2.75, 3.05) is 0 Å². The largest absolute Gasteiger partial charge is 0.459 e. The third kappa shape index (κ3) is 2.15. The minimum Gasteiger partial charge on any atom is -0.459 e. The number of halogens is 1. The molecule has 1 unspecified atom stereocenters. The Labute approximate surface area is 118 Å². The second kappa shape index (κ2) is 4.75. The summed E-state index contributed by atoms with van der Waals surface area (Å²) in [5.74, 6) is 0.730. The van der Waals surface area contributed by atoms with E-state index < -0.39 is 6.04 Å². The minimum atomic E-state index is -0.403. The number of aromatic nitrogens is 2. The van der Waals surface area contributed by atoms with Crippen LogP contribution in [-0.4, -0.2) is 9.97 Å². The van der Waals surface area contributed by atoms with E-state index in [9.17, 15) is 0 Å². The first-order chi connectivity index (χ1) is 9.16. The summed E-state index contributed by atoms with van der Waals surface area (Å²) in [7, 11) is 0. The van der Waals surface area contributed by atoms with Crippen LogP contribution in [0.2, 0.25) is 0 Å². The van der Waals surface area contributed by atoms with E-state index in [1.165, 1.54) is 0 Å². The Bertz CT molecular complexity index is 724. The zero-order valence-electron chi connectivity index (χ0n) is 10.3. The second-order valence-corrected chi connectivity index (χ2v) is 5.26. The number of furan rings is 1. The van der Waals surface area contributed by atoms with Gasteiger partial charge in [-0.25, -0.2) is 0 Å². The molecule has 3 rings (SSSR count). The number of nitrogens with two attached hydrogens (primary N) is 1. The van der Waals surface area contributed by atoms with E-state index in [0.29, 0.717) is 5.69 Å². The summed E-state index contributed by atoms with van der Waals surface area (Å²) in [5, 5.41) is 1.07. The van der Waals surface area contributed by atoms with Crippen LogP contribution in [0.4, 0.5) is 0 Å². The SMILES string of the molecule is Cc1c(C(N)c2cnccn2)oc2cc(Br)ccc12. The molecule has 2 heterocycles. The third-order valence-electron chi connectivity index (χ3n) is 3.12. The highest BCUT2D eigenvalue weighted by Gasteiger charge is 2.19. The second-order valence-electron chi connectivity index (χ2n) is 4.34. The summed E-state index contributed by atoms with van der Waals surface area (Å²) in [6, 6.07) is 5.54. The molecule has 4 nitrogen and oxygen atoms in total. The van der Waals surface area contributed by atoms with Gasteiger partial charge < -0.3 is 10.2 Å². The van der Waals surface area contributed by atoms with Crippen molar-refractivity contribution in [1.82, 2.24) is 9.97 Å². The lowest BCUT2D eigenvalue weighted by Gasteiger charge is -2.08. The molecule has 0 radical (unpaired) electrons. The van der Waals surface area contributed by atoms with Crippen molar-refractivity contribution in [3.8, 4) is 0 Å². The molecule has 0 aliphatic heterocycles. The fraction of sp³-hybridized carbons (Fsp3) is 0.143. The first kappa shape index (κ1) is 12.3. The number of nitrogens with zero attached hydrogens (tertiary/aromatic N) is 2. The van der Waals surface area contributed by atoms with Crippen LogP contribution in [0.5, 0.6) is 0 Å². The molecule has 0 fully saturated rings. The van der Waals surface area contributed by atoms with Gasteiger partial charge in [0, 0.05) is 27.8 Å². The summed E-state index contributed by atoms with van der Waals surface area (Å²) in [6.45, 7) is 2.01. The zero-order chi connectivity index (χ0) is 13.4. The molecule has 0 aliphatic rings. The van der Waals surface area contributed by atoms with E-state index in [0.717, 1.165) is 26.8 Å². The van der Waals surface area contributed by atoms with Gasteiger partial charge in [0.25, 0.3) is 0 Å². The van der Waals surface area contributed by atoms with Crippen molar-refractivity contribution in [3.05, 3.63) is 58.3 Å². The molecular weight excluding hydrogens is 306 g/mol. The molecule has 0 aliphatic carbocycles. The van der Waals surface area contributed by atoms with Gasteiger partial charge >= 0.3 is 0 Å². The van der Waals surface area contributed by atoms with E-state index in [1.54, 1.807) is 18.6 Å². The number of hydrogen-bond donors (Lipinski definition) is 1. The maximum Gasteiger partial charge on any atom is 0.135 e. The molecule has 19 heavy (non-hydrogen) atoms. The van der Waals surface area contributed by atoms with Crippen LogP contribution in [-0.2, 0) is 0 Å². The van der Waals surface area contributed by atoms with Crippen molar-refractivity contribution >= 4 is 26.9 Å². The van der Waals surface area contributed by atoms with Crippen LogP contribution in [0.25, 0.3) is 11.0 Å². The summed E-state index contributed by atoms with van der Waals surface area (Å²) < 4.78 is 6.85. The first-order valence-electron chi connectivity index (χ1n) is 5.87. The highest BCUT2D eigenvalue weighted by atomic mass is 79.9. The topological polar surface area (TPSA) is 64.9 Å². The Balaban J connectivity index is 2.13. The Morgan fingerprint density at radius 1 is 1.32 bits per heavy atom. The molecular formula is C14H12BrN3O. The lowest BCUT2D eigenvalue weighted by Crippen LogP contribution is -2.13. The number of benzene rings is 1. The predicted molar refractivity (Wildman–Crippen MR) is 76.7 cm³/mol. The standard InChI is InChI=1S/C14H12BrN3O/c1-8-10-3-2-9(15)6-12(10)19-14(8)13(16)11-7-17-4-5-18-11/h2-7,13H,16H2,1H3. The van der Waals surface area contributed by atoms with Gasteiger partial charge in [0.05, 0.1) is 11.9 Å². The fourth-order valence-electron chi connectivity index (χ4n) is 2.12. The average Bonchev–Trinajstić information content (AvgIpc) is 2.75. The molecule has 0 saturated carbocycles. The van der Waals surface area contributed by atoms with E-state index in [2.05, 4.69) is 25.9 Å². The molecule has 5 heteroatoms. The third-order valence-corrected chi connectivity index (χ3v) is 3.61. The van der Waals surface area contributed by atoms with Crippen LogP contribution in [0.1, 0.15) is 23.1 Å². The normalized spacial score (nSPS) is 12.8. The fourth-order valence-corrected chi connectivity index (χ4v) is 2.46. The Morgan fingerprint density at radius 2 is 2.16 bits per heavy atom. The Morgan fingerprint density at radius 3 is 2.89 bits per heavy atom. The average molecular weight is 318 g/mol. The van der Waals surface area contributed by atoms with Crippen molar-refractivity contribution in [2.45, 2.75) is 13.0 Å². The zero-order valence-corrected chi connectivity index (χ0v) is 11.9. The van der Waals surface area contributed by atoms with Gasteiger partial charge in [0.15, 0.2) is 0 Å². The van der Waals surface area contributed by atoms with Gasteiger partial charge in [0.1, 0.15) is 17.4 Å². The van der Waals surface area contributed by atoms with E-state index in [1.807, 2.05) is 25.1 Å². The summed E-state index contributed by atoms with van der Waals surface area (Å²) in [6.07, 6.45) is 4.91. The molecule has 1 aromatic carbocycles. The van der Waals surface area contributed by atoms with E-state index in [4.69, 9.17) is 10.2 Å². The smallest absolute Gasteiger partial charge is 0.135 e. The van der Waals surface area contributed by atoms with Crippen LogP contribution >= 0.6 is 15.9 Å². The summed E-state index contributed by atoms with van der Waals surface area (Å²) in [5.41, 5.74) is 8.77. The van der Waals surface area contributed by atoms with Crippen LogP contribution in [0, 0.1) is 6.92 Å². The predicted octanol–water partition coefficient (Wildman–Crippen LogP) is 3.34. The molecule has 2 aromatic heterocycles. The number of hydrogen-bond acceptors (Lipinski definition) is 4. The van der Waals surface area contributed by atoms with E-state index >= 15 is 0 Å². The molecule has 0 bridgehead atoms. The molecule has 0 saturated heterocycles. The molecule has 2 N–H and O–H groups in total. The van der Waals surface area contributed by atoms with Gasteiger partial charge in [0.2, 0.25) is 0 Å². The Hall–Kier alpha value is -1.72. The molecule has 3 aromatic rings. The van der Waals surface area contributed by atoms with Crippen molar-refractivity contribution < 1.29 is 4.42 Å². The maximum atomic E-state index is 6.21. The number of aryl methyl sites for hydroxylation is 1. The minimum absolute atomic E-state index is 0.403. The summed E-state index contributed by atoms with van der Waals surface area (Å²) >= 11 is 3.43. The van der Waals surface area contributed by atoms with E-state index in [-0.39, 0.29) is 0 Å². The van der Waals surface area contributed by atoms with Gasteiger partial charge in [-0.1, -0.05) is 15.9 Å².